The molecular weight excluding hydrogens is 292 g/mol. The summed E-state index contributed by atoms with van der Waals surface area (Å²) in [6.07, 6.45) is 0.344. The fourth-order valence-corrected chi connectivity index (χ4v) is 2.77. The molecule has 1 aromatic rings. The summed E-state index contributed by atoms with van der Waals surface area (Å²) in [4.78, 5) is 23.8. The van der Waals surface area contributed by atoms with E-state index in [1.165, 1.54) is 0 Å². The van der Waals surface area contributed by atoms with E-state index >= 15 is 0 Å². The largest absolute Gasteiger partial charge is 0.348 e. The van der Waals surface area contributed by atoms with Gasteiger partial charge in [-0.15, -0.1) is 11.3 Å². The van der Waals surface area contributed by atoms with Gasteiger partial charge in [0.15, 0.2) is 0 Å². The van der Waals surface area contributed by atoms with Crippen LogP contribution in [0, 0.1) is 0 Å². The van der Waals surface area contributed by atoms with Crippen LogP contribution in [0.4, 0.5) is 0 Å². The Labute approximate surface area is 106 Å². The van der Waals surface area contributed by atoms with Crippen LogP contribution < -0.4 is 10.6 Å². The first-order valence-corrected chi connectivity index (χ1v) is 6.89. The van der Waals surface area contributed by atoms with Crippen molar-refractivity contribution in [2.75, 3.05) is 5.33 Å². The fraction of sp³-hybridized carbons (Fsp3) is 0.400. The summed E-state index contributed by atoms with van der Waals surface area (Å²) in [5, 5.41) is 8.03. The van der Waals surface area contributed by atoms with Crippen LogP contribution in [0.15, 0.2) is 17.5 Å². The Kier molecular flexibility index (Phi) is 3.60. The highest BCUT2D eigenvalue weighted by Crippen LogP contribution is 2.11. The molecule has 2 N–H and O–H groups in total. The quantitative estimate of drug-likeness (QED) is 0.634. The van der Waals surface area contributed by atoms with Crippen molar-refractivity contribution in [1.29, 1.82) is 0 Å². The molecule has 4 nitrogen and oxygen atoms in total. The molecule has 0 radical (unpaired) electrons. The standard InChI is InChI=1S/C10H11BrN2O2S/c11-5-7-9(10(15)12-7)13-8(14)4-6-2-1-3-16-6/h1-3,7,9H,4-5H2,(H,12,15)(H,13,14)/t7-,9+/m0/s1. The first-order valence-electron chi connectivity index (χ1n) is 4.89. The molecule has 0 spiro atoms. The first kappa shape index (κ1) is 11.6. The second kappa shape index (κ2) is 4.97. The maximum Gasteiger partial charge on any atom is 0.245 e. The summed E-state index contributed by atoms with van der Waals surface area (Å²) >= 11 is 4.82. The second-order valence-corrected chi connectivity index (χ2v) is 5.25. The van der Waals surface area contributed by atoms with Gasteiger partial charge < -0.3 is 10.6 Å². The van der Waals surface area contributed by atoms with E-state index in [1.54, 1.807) is 11.3 Å². The maximum atomic E-state index is 11.6. The molecule has 6 heteroatoms. The Morgan fingerprint density at radius 2 is 2.44 bits per heavy atom. The maximum absolute atomic E-state index is 11.6. The molecule has 2 atom stereocenters. The van der Waals surface area contributed by atoms with Crippen LogP contribution in [-0.2, 0) is 16.0 Å². The molecular formula is C10H11BrN2O2S. The fourth-order valence-electron chi connectivity index (χ4n) is 1.53. The molecule has 86 valence electrons. The van der Waals surface area contributed by atoms with Crippen LogP contribution in [-0.4, -0.2) is 29.2 Å². The van der Waals surface area contributed by atoms with E-state index in [9.17, 15) is 9.59 Å². The number of halogens is 1. The van der Waals surface area contributed by atoms with Gasteiger partial charge in [0.25, 0.3) is 0 Å². The zero-order valence-electron chi connectivity index (χ0n) is 8.40. The molecule has 0 aliphatic carbocycles. The van der Waals surface area contributed by atoms with E-state index in [-0.39, 0.29) is 23.9 Å². The summed E-state index contributed by atoms with van der Waals surface area (Å²) < 4.78 is 0. The molecule has 2 amide bonds. The molecule has 1 aliphatic heterocycles. The molecule has 1 fully saturated rings. The zero-order valence-corrected chi connectivity index (χ0v) is 10.8. The summed E-state index contributed by atoms with van der Waals surface area (Å²) in [5.74, 6) is -0.211. The lowest BCUT2D eigenvalue weighted by atomic mass is 10.0. The van der Waals surface area contributed by atoms with E-state index in [4.69, 9.17) is 0 Å². The zero-order chi connectivity index (χ0) is 11.5. The molecule has 1 aromatic heterocycles. The molecule has 0 bridgehead atoms. The third kappa shape index (κ3) is 2.44. The van der Waals surface area contributed by atoms with Gasteiger partial charge in [-0.1, -0.05) is 22.0 Å². The summed E-state index contributed by atoms with van der Waals surface area (Å²) in [5.41, 5.74) is 0. The summed E-state index contributed by atoms with van der Waals surface area (Å²) in [7, 11) is 0. The molecule has 0 aromatic carbocycles. The predicted octanol–water partition coefficient (Wildman–Crippen LogP) is 0.669. The number of nitrogens with one attached hydrogen (secondary N) is 2. The van der Waals surface area contributed by atoms with Crippen LogP contribution in [0.2, 0.25) is 0 Å². The van der Waals surface area contributed by atoms with Crippen LogP contribution in [0.1, 0.15) is 4.88 Å². The normalized spacial score (nSPS) is 23.4. The minimum Gasteiger partial charge on any atom is -0.348 e. The highest BCUT2D eigenvalue weighted by atomic mass is 79.9. The molecule has 2 heterocycles. The number of carbonyl (C=O) groups is 2. The lowest BCUT2D eigenvalue weighted by molar-refractivity contribution is -0.135. The molecule has 1 aliphatic rings. The van der Waals surface area contributed by atoms with Gasteiger partial charge in [-0.25, -0.2) is 0 Å². The predicted molar refractivity (Wildman–Crippen MR) is 65.7 cm³/mol. The van der Waals surface area contributed by atoms with Gasteiger partial charge in [0, 0.05) is 10.2 Å². The van der Waals surface area contributed by atoms with E-state index in [0.29, 0.717) is 11.8 Å². The van der Waals surface area contributed by atoms with Crippen LogP contribution >= 0.6 is 27.3 Å². The molecule has 1 saturated heterocycles. The van der Waals surface area contributed by atoms with Gasteiger partial charge in [-0.3, -0.25) is 9.59 Å². The van der Waals surface area contributed by atoms with Gasteiger partial charge in [-0.05, 0) is 11.4 Å². The number of β-lactam (4-membered cyclic amide) rings is 1. The van der Waals surface area contributed by atoms with Gasteiger partial charge in [0.2, 0.25) is 11.8 Å². The van der Waals surface area contributed by atoms with Crippen molar-refractivity contribution in [1.82, 2.24) is 10.6 Å². The Bertz CT molecular complexity index is 394. The van der Waals surface area contributed by atoms with Crippen molar-refractivity contribution in [3.63, 3.8) is 0 Å². The van der Waals surface area contributed by atoms with E-state index in [1.807, 2.05) is 17.5 Å². The minimum atomic E-state index is -0.383. The summed E-state index contributed by atoms with van der Waals surface area (Å²) in [6, 6.07) is 3.45. The first-order chi connectivity index (χ1) is 7.70. The van der Waals surface area contributed by atoms with Crippen molar-refractivity contribution >= 4 is 39.1 Å². The van der Waals surface area contributed by atoms with Gasteiger partial charge in [-0.2, -0.15) is 0 Å². The summed E-state index contributed by atoms with van der Waals surface area (Å²) in [6.45, 7) is 0. The second-order valence-electron chi connectivity index (χ2n) is 3.57. The van der Waals surface area contributed by atoms with Crippen molar-refractivity contribution in [2.24, 2.45) is 0 Å². The Balaban J connectivity index is 1.85. The third-order valence-corrected chi connectivity index (χ3v) is 3.98. The van der Waals surface area contributed by atoms with Crippen LogP contribution in [0.3, 0.4) is 0 Å². The highest BCUT2D eigenvalue weighted by Gasteiger charge is 2.39. The van der Waals surface area contributed by atoms with Gasteiger partial charge in [0.1, 0.15) is 6.04 Å². The molecule has 0 unspecified atom stereocenters. The SMILES string of the molecule is O=C(Cc1cccs1)N[C@H]1C(=O)N[C@H]1CBr. The number of alkyl halides is 1. The number of amides is 2. The Morgan fingerprint density at radius 3 is 3.00 bits per heavy atom. The smallest absolute Gasteiger partial charge is 0.245 e. The number of rotatable bonds is 4. The van der Waals surface area contributed by atoms with Gasteiger partial charge in [0.05, 0.1) is 12.5 Å². The molecule has 0 saturated carbocycles. The Hall–Kier alpha value is -0.880. The van der Waals surface area contributed by atoms with Crippen molar-refractivity contribution in [2.45, 2.75) is 18.5 Å². The lowest BCUT2D eigenvalue weighted by Crippen LogP contribution is -2.69. The third-order valence-electron chi connectivity index (χ3n) is 2.41. The van der Waals surface area contributed by atoms with E-state index < -0.39 is 0 Å². The average Bonchev–Trinajstić information content (AvgIpc) is 2.75. The van der Waals surface area contributed by atoms with Crippen molar-refractivity contribution in [3.8, 4) is 0 Å². The Morgan fingerprint density at radius 1 is 1.62 bits per heavy atom. The van der Waals surface area contributed by atoms with E-state index in [2.05, 4.69) is 26.6 Å². The lowest BCUT2D eigenvalue weighted by Gasteiger charge is -2.35. The monoisotopic (exact) mass is 302 g/mol. The minimum absolute atomic E-state index is 0.0137. The molecule has 2 rings (SSSR count). The van der Waals surface area contributed by atoms with Gasteiger partial charge >= 0.3 is 0 Å². The number of carbonyl (C=O) groups excluding carboxylic acids is 2. The van der Waals surface area contributed by atoms with E-state index in [0.717, 1.165) is 4.88 Å². The number of hydrogen-bond acceptors (Lipinski definition) is 3. The van der Waals surface area contributed by atoms with Crippen molar-refractivity contribution in [3.05, 3.63) is 22.4 Å². The van der Waals surface area contributed by atoms with Crippen LogP contribution in [0.5, 0.6) is 0 Å². The number of thiophene rings is 1. The highest BCUT2D eigenvalue weighted by molar-refractivity contribution is 9.09. The van der Waals surface area contributed by atoms with Crippen molar-refractivity contribution < 1.29 is 9.59 Å². The number of hydrogen-bond donors (Lipinski definition) is 2. The average molecular weight is 303 g/mol. The molecule has 16 heavy (non-hydrogen) atoms. The van der Waals surface area contributed by atoms with Crippen LogP contribution in [0.25, 0.3) is 0 Å². The topological polar surface area (TPSA) is 58.2 Å².